The largest absolute Gasteiger partial charge is 0.373 e. The number of piperidine rings is 1. The Morgan fingerprint density at radius 2 is 1.88 bits per heavy atom. The predicted octanol–water partition coefficient (Wildman–Crippen LogP) is 3.70. The number of hydrogen-bond acceptors (Lipinski definition) is 4. The van der Waals surface area contributed by atoms with Crippen LogP contribution in [0.25, 0.3) is 0 Å². The number of carbonyl (C=O) groups excluding carboxylic acids is 2. The molecule has 3 rings (SSSR count). The molecule has 0 N–H and O–H groups in total. The summed E-state index contributed by atoms with van der Waals surface area (Å²) in [7, 11) is 0. The van der Waals surface area contributed by atoms with Crippen LogP contribution in [0.15, 0.2) is 41.8 Å². The molecule has 1 aliphatic heterocycles. The highest BCUT2D eigenvalue weighted by Gasteiger charge is 2.23. The number of Topliss-reactive ketones (excluding diaryl/α,β-unsaturated/α-hetero) is 1. The second-order valence-electron chi connectivity index (χ2n) is 6.43. The number of carbonyl (C=O) groups is 2. The van der Waals surface area contributed by atoms with E-state index in [0.717, 1.165) is 36.4 Å². The topological polar surface area (TPSA) is 46.6 Å². The van der Waals surface area contributed by atoms with Gasteiger partial charge in [-0.15, -0.1) is 11.3 Å². The number of ketones is 1. The normalized spacial score (nSPS) is 15.3. The molecular weight excluding hydrogens is 334 g/mol. The lowest BCUT2D eigenvalue weighted by Crippen LogP contribution is -2.41. The van der Waals surface area contributed by atoms with Crippen molar-refractivity contribution in [2.24, 2.45) is 0 Å². The molecule has 1 amide bonds. The van der Waals surface area contributed by atoms with Crippen LogP contribution in [0.1, 0.15) is 40.6 Å². The molecule has 5 heteroatoms. The van der Waals surface area contributed by atoms with Crippen LogP contribution in [0.5, 0.6) is 0 Å². The number of hydrogen-bond donors (Lipinski definition) is 0. The number of likely N-dealkylation sites (tertiary alicyclic amines) is 1. The molecule has 1 aromatic heterocycles. The molecule has 2 heterocycles. The third-order valence-electron chi connectivity index (χ3n) is 4.48. The molecule has 0 unspecified atom stereocenters. The van der Waals surface area contributed by atoms with Crippen molar-refractivity contribution in [1.29, 1.82) is 0 Å². The first-order valence-corrected chi connectivity index (χ1v) is 9.51. The van der Waals surface area contributed by atoms with Gasteiger partial charge in [-0.3, -0.25) is 9.59 Å². The van der Waals surface area contributed by atoms with Gasteiger partial charge >= 0.3 is 0 Å². The molecule has 1 aliphatic rings. The van der Waals surface area contributed by atoms with Gasteiger partial charge in [0.05, 0.1) is 24.0 Å². The molecule has 2 aromatic rings. The molecule has 0 radical (unpaired) electrons. The Balaban J connectivity index is 1.43. The van der Waals surface area contributed by atoms with E-state index in [2.05, 4.69) is 12.1 Å². The minimum absolute atomic E-state index is 0.0556. The summed E-state index contributed by atoms with van der Waals surface area (Å²) in [5, 5.41) is 1.91. The van der Waals surface area contributed by atoms with E-state index in [9.17, 15) is 9.59 Å². The number of ether oxygens (including phenoxy) is 1. The van der Waals surface area contributed by atoms with Gasteiger partial charge in [-0.25, -0.2) is 0 Å². The van der Waals surface area contributed by atoms with E-state index < -0.39 is 0 Å². The van der Waals surface area contributed by atoms with Crippen LogP contribution in [-0.2, 0) is 22.6 Å². The maximum absolute atomic E-state index is 12.4. The molecule has 0 bridgehead atoms. The Bertz CT molecular complexity index is 718. The van der Waals surface area contributed by atoms with Crippen LogP contribution < -0.4 is 0 Å². The monoisotopic (exact) mass is 357 g/mol. The summed E-state index contributed by atoms with van der Waals surface area (Å²) in [5.41, 5.74) is 2.11. The van der Waals surface area contributed by atoms with Crippen molar-refractivity contribution in [1.82, 2.24) is 4.90 Å². The zero-order valence-corrected chi connectivity index (χ0v) is 15.3. The average Bonchev–Trinajstić information content (AvgIpc) is 3.10. The minimum Gasteiger partial charge on any atom is -0.373 e. The Hall–Kier alpha value is -1.98. The summed E-state index contributed by atoms with van der Waals surface area (Å²) < 4.78 is 5.97. The molecule has 0 aliphatic carbocycles. The first kappa shape index (κ1) is 17.8. The molecule has 1 aromatic carbocycles. The molecule has 4 nitrogen and oxygen atoms in total. The zero-order valence-electron chi connectivity index (χ0n) is 14.4. The van der Waals surface area contributed by atoms with Crippen LogP contribution >= 0.6 is 11.3 Å². The maximum Gasteiger partial charge on any atom is 0.227 e. The number of benzene rings is 1. The smallest absolute Gasteiger partial charge is 0.227 e. The second-order valence-corrected chi connectivity index (χ2v) is 7.34. The summed E-state index contributed by atoms with van der Waals surface area (Å²) in [6.45, 7) is 3.66. The van der Waals surface area contributed by atoms with Crippen molar-refractivity contribution in [2.45, 2.75) is 38.9 Å². The first-order chi connectivity index (χ1) is 12.1. The van der Waals surface area contributed by atoms with Gasteiger partial charge in [-0.1, -0.05) is 30.3 Å². The number of amides is 1. The van der Waals surface area contributed by atoms with E-state index in [1.807, 2.05) is 34.5 Å². The predicted molar refractivity (Wildman–Crippen MR) is 98.9 cm³/mol. The van der Waals surface area contributed by atoms with E-state index in [1.54, 1.807) is 6.92 Å². The lowest BCUT2D eigenvalue weighted by atomic mass is 10.1. The SMILES string of the molecule is CC(=O)c1cc(CC(=O)N2CCC(OCc3ccccc3)CC2)cs1. The summed E-state index contributed by atoms with van der Waals surface area (Å²) in [6.07, 6.45) is 2.34. The van der Waals surface area contributed by atoms with Crippen LogP contribution in [0.2, 0.25) is 0 Å². The van der Waals surface area contributed by atoms with Gasteiger partial charge in [0.15, 0.2) is 5.78 Å². The van der Waals surface area contributed by atoms with Crippen LogP contribution in [-0.4, -0.2) is 35.8 Å². The Kier molecular flexibility index (Phi) is 6.00. The Morgan fingerprint density at radius 1 is 1.16 bits per heavy atom. The lowest BCUT2D eigenvalue weighted by molar-refractivity contribution is -0.133. The first-order valence-electron chi connectivity index (χ1n) is 8.63. The fraction of sp³-hybridized carbons (Fsp3) is 0.400. The van der Waals surface area contributed by atoms with Crippen LogP contribution in [0.4, 0.5) is 0 Å². The minimum atomic E-state index is 0.0556. The van der Waals surface area contributed by atoms with E-state index in [0.29, 0.717) is 13.0 Å². The van der Waals surface area contributed by atoms with Crippen molar-refractivity contribution in [3.8, 4) is 0 Å². The molecular formula is C20H23NO3S. The Morgan fingerprint density at radius 3 is 2.52 bits per heavy atom. The molecule has 0 atom stereocenters. The summed E-state index contributed by atoms with van der Waals surface area (Å²) in [6, 6.07) is 12.0. The van der Waals surface area contributed by atoms with Crippen LogP contribution in [0, 0.1) is 0 Å². The second kappa shape index (κ2) is 8.41. The van der Waals surface area contributed by atoms with Crippen molar-refractivity contribution in [3.63, 3.8) is 0 Å². The summed E-state index contributed by atoms with van der Waals surface area (Å²) in [4.78, 5) is 26.4. The van der Waals surface area contributed by atoms with Crippen molar-refractivity contribution in [3.05, 3.63) is 57.8 Å². The fourth-order valence-corrected chi connectivity index (χ4v) is 3.81. The number of rotatable bonds is 6. The van der Waals surface area contributed by atoms with E-state index in [4.69, 9.17) is 4.74 Å². The van der Waals surface area contributed by atoms with Crippen molar-refractivity contribution >= 4 is 23.0 Å². The average molecular weight is 357 g/mol. The van der Waals surface area contributed by atoms with Gasteiger partial charge in [0.1, 0.15) is 0 Å². The molecule has 1 saturated heterocycles. The van der Waals surface area contributed by atoms with E-state index in [1.165, 1.54) is 16.9 Å². The van der Waals surface area contributed by atoms with E-state index >= 15 is 0 Å². The fourth-order valence-electron chi connectivity index (χ4n) is 3.00. The van der Waals surface area contributed by atoms with Gasteiger partial charge in [-0.05, 0) is 42.3 Å². The van der Waals surface area contributed by atoms with Gasteiger partial charge < -0.3 is 9.64 Å². The third-order valence-corrected chi connectivity index (χ3v) is 5.56. The van der Waals surface area contributed by atoms with Gasteiger partial charge in [-0.2, -0.15) is 0 Å². The van der Waals surface area contributed by atoms with Gasteiger partial charge in [0, 0.05) is 13.1 Å². The van der Waals surface area contributed by atoms with Gasteiger partial charge in [0.25, 0.3) is 0 Å². The molecule has 25 heavy (non-hydrogen) atoms. The highest BCUT2D eigenvalue weighted by atomic mass is 32.1. The highest BCUT2D eigenvalue weighted by Crippen LogP contribution is 2.19. The van der Waals surface area contributed by atoms with Crippen molar-refractivity contribution < 1.29 is 14.3 Å². The number of thiophene rings is 1. The quantitative estimate of drug-likeness (QED) is 0.741. The third kappa shape index (κ3) is 5.00. The highest BCUT2D eigenvalue weighted by molar-refractivity contribution is 7.12. The van der Waals surface area contributed by atoms with E-state index in [-0.39, 0.29) is 17.8 Å². The molecule has 132 valence electrons. The molecule has 1 fully saturated rings. The summed E-state index contributed by atoms with van der Waals surface area (Å²) >= 11 is 1.41. The number of nitrogens with zero attached hydrogens (tertiary/aromatic N) is 1. The zero-order chi connectivity index (χ0) is 17.6. The maximum atomic E-state index is 12.4. The molecule has 0 saturated carbocycles. The summed E-state index contributed by atoms with van der Waals surface area (Å²) in [5.74, 6) is 0.189. The lowest BCUT2D eigenvalue weighted by Gasteiger charge is -2.32. The Labute approximate surface area is 152 Å². The van der Waals surface area contributed by atoms with Crippen molar-refractivity contribution in [2.75, 3.05) is 13.1 Å². The molecule has 0 spiro atoms. The van der Waals surface area contributed by atoms with Gasteiger partial charge in [0.2, 0.25) is 5.91 Å². The standard InChI is InChI=1S/C20H23NO3S/c1-15(22)19-11-17(14-25-19)12-20(23)21-9-7-18(8-10-21)24-13-16-5-3-2-4-6-16/h2-6,11,14,18H,7-10,12-13H2,1H3. The van der Waals surface area contributed by atoms with Crippen LogP contribution in [0.3, 0.4) is 0 Å².